The molecule has 0 bridgehead atoms. The second-order valence-corrected chi connectivity index (χ2v) is 5.99. The van der Waals surface area contributed by atoms with Crippen molar-refractivity contribution >= 4 is 5.91 Å². The first-order valence-electron chi connectivity index (χ1n) is 7.69. The molecule has 1 heterocycles. The molecule has 1 aliphatic heterocycles. The molecule has 2 N–H and O–H groups in total. The van der Waals surface area contributed by atoms with Gasteiger partial charge in [0, 0.05) is 13.2 Å². The van der Waals surface area contributed by atoms with Crippen LogP contribution >= 0.6 is 0 Å². The van der Waals surface area contributed by atoms with Gasteiger partial charge in [0.25, 0.3) is 0 Å². The van der Waals surface area contributed by atoms with Crippen molar-refractivity contribution in [3.8, 4) is 0 Å². The topological polar surface area (TPSA) is 50.4 Å². The van der Waals surface area contributed by atoms with Crippen molar-refractivity contribution in [1.82, 2.24) is 10.6 Å². The zero-order valence-electron chi connectivity index (χ0n) is 12.7. The third kappa shape index (κ3) is 7.53. The zero-order chi connectivity index (χ0) is 14.1. The lowest BCUT2D eigenvalue weighted by molar-refractivity contribution is -0.132. The maximum Gasteiger partial charge on any atom is 0.248 e. The van der Waals surface area contributed by atoms with Crippen molar-refractivity contribution in [1.29, 1.82) is 0 Å². The predicted octanol–water partition coefficient (Wildman–Crippen LogP) is 1.94. The number of nitrogens with one attached hydrogen (secondary N) is 2. The SMILES string of the molecule is CC(C)CCNC(=O)C(C)OCCC1CCCNC1. The lowest BCUT2D eigenvalue weighted by atomic mass is 9.97. The molecular weight excluding hydrogens is 240 g/mol. The number of carbonyl (C=O) groups is 1. The largest absolute Gasteiger partial charge is 0.369 e. The van der Waals surface area contributed by atoms with E-state index in [1.807, 2.05) is 6.92 Å². The number of carbonyl (C=O) groups excluding carboxylic acids is 1. The Morgan fingerprint density at radius 3 is 2.84 bits per heavy atom. The normalized spacial score (nSPS) is 21.4. The van der Waals surface area contributed by atoms with Gasteiger partial charge in [-0.2, -0.15) is 0 Å². The Morgan fingerprint density at radius 1 is 1.42 bits per heavy atom. The van der Waals surface area contributed by atoms with Gasteiger partial charge >= 0.3 is 0 Å². The molecule has 1 aliphatic rings. The van der Waals surface area contributed by atoms with Gasteiger partial charge in [-0.25, -0.2) is 0 Å². The molecule has 0 aromatic heterocycles. The van der Waals surface area contributed by atoms with Crippen molar-refractivity contribution < 1.29 is 9.53 Å². The maximum absolute atomic E-state index is 11.8. The summed E-state index contributed by atoms with van der Waals surface area (Å²) in [5.41, 5.74) is 0. The van der Waals surface area contributed by atoms with Crippen molar-refractivity contribution in [2.75, 3.05) is 26.2 Å². The highest BCUT2D eigenvalue weighted by Crippen LogP contribution is 2.14. The summed E-state index contributed by atoms with van der Waals surface area (Å²) in [6, 6.07) is 0. The number of ether oxygens (including phenoxy) is 1. The van der Waals surface area contributed by atoms with Crippen molar-refractivity contribution in [2.45, 2.75) is 52.6 Å². The van der Waals surface area contributed by atoms with E-state index >= 15 is 0 Å². The molecule has 0 aromatic carbocycles. The summed E-state index contributed by atoms with van der Waals surface area (Å²) in [4.78, 5) is 11.8. The molecule has 1 saturated heterocycles. The summed E-state index contributed by atoms with van der Waals surface area (Å²) in [5.74, 6) is 1.35. The van der Waals surface area contributed by atoms with Crippen LogP contribution in [0, 0.1) is 11.8 Å². The van der Waals surface area contributed by atoms with Gasteiger partial charge in [-0.3, -0.25) is 4.79 Å². The highest BCUT2D eigenvalue weighted by molar-refractivity contribution is 5.80. The van der Waals surface area contributed by atoms with Gasteiger partial charge in [0.05, 0.1) is 0 Å². The number of rotatable bonds is 8. The standard InChI is InChI=1S/C15H30N2O2/c1-12(2)6-9-17-15(18)13(3)19-10-7-14-5-4-8-16-11-14/h12-14,16H,4-11H2,1-3H3,(H,17,18). The maximum atomic E-state index is 11.8. The monoisotopic (exact) mass is 270 g/mol. The van der Waals surface area contributed by atoms with Crippen LogP contribution in [-0.4, -0.2) is 38.3 Å². The van der Waals surface area contributed by atoms with E-state index in [0.717, 1.165) is 32.5 Å². The van der Waals surface area contributed by atoms with E-state index in [9.17, 15) is 4.79 Å². The van der Waals surface area contributed by atoms with Crippen LogP contribution in [0.5, 0.6) is 0 Å². The Morgan fingerprint density at radius 2 is 2.21 bits per heavy atom. The van der Waals surface area contributed by atoms with Gasteiger partial charge in [0.15, 0.2) is 0 Å². The van der Waals surface area contributed by atoms with Crippen LogP contribution in [0.4, 0.5) is 0 Å². The van der Waals surface area contributed by atoms with Gasteiger partial charge in [-0.05, 0) is 57.5 Å². The van der Waals surface area contributed by atoms with Crippen LogP contribution < -0.4 is 10.6 Å². The fraction of sp³-hybridized carbons (Fsp3) is 0.933. The molecule has 4 nitrogen and oxygen atoms in total. The van der Waals surface area contributed by atoms with Gasteiger partial charge in [0.1, 0.15) is 6.10 Å². The van der Waals surface area contributed by atoms with E-state index in [-0.39, 0.29) is 12.0 Å². The van der Waals surface area contributed by atoms with Crippen molar-refractivity contribution in [3.05, 3.63) is 0 Å². The number of hydrogen-bond acceptors (Lipinski definition) is 3. The summed E-state index contributed by atoms with van der Waals surface area (Å²) in [6.07, 6.45) is 4.29. The van der Waals surface area contributed by atoms with E-state index < -0.39 is 0 Å². The molecule has 0 aromatic rings. The zero-order valence-corrected chi connectivity index (χ0v) is 12.7. The summed E-state index contributed by atoms with van der Waals surface area (Å²) in [7, 11) is 0. The fourth-order valence-corrected chi connectivity index (χ4v) is 2.29. The second-order valence-electron chi connectivity index (χ2n) is 5.99. The Bertz CT molecular complexity index is 251. The van der Waals surface area contributed by atoms with Crippen LogP contribution in [0.25, 0.3) is 0 Å². The summed E-state index contributed by atoms with van der Waals surface area (Å²) >= 11 is 0. The van der Waals surface area contributed by atoms with Crippen molar-refractivity contribution in [2.24, 2.45) is 11.8 Å². The minimum Gasteiger partial charge on any atom is -0.369 e. The average Bonchev–Trinajstić information content (AvgIpc) is 2.39. The van der Waals surface area contributed by atoms with Gasteiger partial charge in [-0.15, -0.1) is 0 Å². The molecule has 0 radical (unpaired) electrons. The van der Waals surface area contributed by atoms with E-state index in [1.54, 1.807) is 0 Å². The highest BCUT2D eigenvalue weighted by Gasteiger charge is 2.16. The fourth-order valence-electron chi connectivity index (χ4n) is 2.29. The smallest absolute Gasteiger partial charge is 0.248 e. The Hall–Kier alpha value is -0.610. The molecule has 1 fully saturated rings. The first-order valence-corrected chi connectivity index (χ1v) is 7.69. The predicted molar refractivity (Wildman–Crippen MR) is 78.1 cm³/mol. The first kappa shape index (κ1) is 16.4. The summed E-state index contributed by atoms with van der Waals surface area (Å²) in [5, 5.41) is 6.33. The summed E-state index contributed by atoms with van der Waals surface area (Å²) in [6.45, 7) is 9.82. The van der Waals surface area contributed by atoms with E-state index in [0.29, 0.717) is 18.4 Å². The molecule has 0 saturated carbocycles. The van der Waals surface area contributed by atoms with Crippen molar-refractivity contribution in [3.63, 3.8) is 0 Å². The van der Waals surface area contributed by atoms with Crippen LogP contribution in [-0.2, 0) is 9.53 Å². The van der Waals surface area contributed by atoms with E-state index in [2.05, 4.69) is 24.5 Å². The quantitative estimate of drug-likeness (QED) is 0.709. The van der Waals surface area contributed by atoms with Crippen LogP contribution in [0.15, 0.2) is 0 Å². The number of piperidine rings is 1. The lowest BCUT2D eigenvalue weighted by Crippen LogP contribution is -2.36. The average molecular weight is 270 g/mol. The Labute approximate surface area is 117 Å². The third-order valence-electron chi connectivity index (χ3n) is 3.68. The summed E-state index contributed by atoms with van der Waals surface area (Å²) < 4.78 is 5.62. The molecule has 1 amide bonds. The lowest BCUT2D eigenvalue weighted by Gasteiger charge is -2.23. The minimum absolute atomic E-state index is 0.0161. The number of amides is 1. The Balaban J connectivity index is 2.05. The molecule has 19 heavy (non-hydrogen) atoms. The molecule has 0 aliphatic carbocycles. The second kappa shape index (κ2) is 9.32. The first-order chi connectivity index (χ1) is 9.09. The molecule has 4 heteroatoms. The molecule has 2 unspecified atom stereocenters. The molecule has 1 rings (SSSR count). The van der Waals surface area contributed by atoms with Crippen LogP contribution in [0.3, 0.4) is 0 Å². The van der Waals surface area contributed by atoms with Gasteiger partial charge in [0.2, 0.25) is 5.91 Å². The Kier molecular flexibility index (Phi) is 8.07. The van der Waals surface area contributed by atoms with Crippen LogP contribution in [0.2, 0.25) is 0 Å². The molecule has 112 valence electrons. The van der Waals surface area contributed by atoms with E-state index in [4.69, 9.17) is 4.74 Å². The van der Waals surface area contributed by atoms with E-state index in [1.165, 1.54) is 12.8 Å². The number of hydrogen-bond donors (Lipinski definition) is 2. The molecular formula is C15H30N2O2. The molecule has 0 spiro atoms. The van der Waals surface area contributed by atoms with Gasteiger partial charge < -0.3 is 15.4 Å². The van der Waals surface area contributed by atoms with Gasteiger partial charge in [-0.1, -0.05) is 13.8 Å². The highest BCUT2D eigenvalue weighted by atomic mass is 16.5. The minimum atomic E-state index is -0.330. The van der Waals surface area contributed by atoms with Crippen LogP contribution in [0.1, 0.15) is 46.5 Å². The molecule has 2 atom stereocenters. The third-order valence-corrected chi connectivity index (χ3v) is 3.68.